The zero-order valence-electron chi connectivity index (χ0n) is 12.5. The molecule has 1 saturated carbocycles. The van der Waals surface area contributed by atoms with E-state index in [1.54, 1.807) is 0 Å². The van der Waals surface area contributed by atoms with Crippen molar-refractivity contribution < 1.29 is 9.59 Å². The first-order valence-electron chi connectivity index (χ1n) is 7.82. The Bertz CT molecular complexity index is 413. The van der Waals surface area contributed by atoms with Crippen molar-refractivity contribution in [1.29, 1.82) is 0 Å². The van der Waals surface area contributed by atoms with Gasteiger partial charge in [-0.3, -0.25) is 4.79 Å². The summed E-state index contributed by atoms with van der Waals surface area (Å²) in [6.07, 6.45) is 3.90. The molecule has 2 aliphatic heterocycles. The minimum Gasteiger partial charge on any atom is -0.342 e. The van der Waals surface area contributed by atoms with E-state index in [1.807, 2.05) is 9.80 Å². The van der Waals surface area contributed by atoms with Crippen molar-refractivity contribution >= 4 is 11.9 Å². The molecule has 0 aromatic heterocycles. The van der Waals surface area contributed by atoms with Crippen LogP contribution in [0.25, 0.3) is 0 Å². The van der Waals surface area contributed by atoms with Gasteiger partial charge >= 0.3 is 6.03 Å². The number of hydrogen-bond donors (Lipinski definition) is 1. The molecule has 0 spiro atoms. The van der Waals surface area contributed by atoms with E-state index in [1.165, 1.54) is 0 Å². The van der Waals surface area contributed by atoms with E-state index in [0.29, 0.717) is 11.9 Å². The molecular weight excluding hydrogens is 254 g/mol. The van der Waals surface area contributed by atoms with Crippen molar-refractivity contribution in [3.63, 3.8) is 0 Å². The van der Waals surface area contributed by atoms with E-state index in [9.17, 15) is 9.59 Å². The SMILES string of the molecule is CC1(C)C[C@@H]1C(=O)N1CCC(N2CCCNC2=O)CC1. The second-order valence-electron chi connectivity index (χ2n) is 7.08. The van der Waals surface area contributed by atoms with Crippen molar-refractivity contribution in [2.24, 2.45) is 11.3 Å². The van der Waals surface area contributed by atoms with E-state index in [2.05, 4.69) is 19.2 Å². The molecule has 112 valence electrons. The minimum atomic E-state index is 0.0735. The zero-order valence-corrected chi connectivity index (χ0v) is 12.5. The second kappa shape index (κ2) is 4.93. The van der Waals surface area contributed by atoms with Crippen molar-refractivity contribution in [1.82, 2.24) is 15.1 Å². The maximum absolute atomic E-state index is 12.4. The summed E-state index contributed by atoms with van der Waals surface area (Å²) in [5, 5.41) is 2.91. The third-order valence-electron chi connectivity index (χ3n) is 5.14. The molecule has 5 nitrogen and oxygen atoms in total. The average Bonchev–Trinajstić information content (AvgIpc) is 3.08. The number of hydrogen-bond acceptors (Lipinski definition) is 2. The highest BCUT2D eigenvalue weighted by Gasteiger charge is 2.52. The molecule has 1 aliphatic carbocycles. The van der Waals surface area contributed by atoms with Crippen LogP contribution >= 0.6 is 0 Å². The molecule has 0 aromatic carbocycles. The van der Waals surface area contributed by atoms with Crippen LogP contribution in [0.1, 0.15) is 39.5 Å². The highest BCUT2D eigenvalue weighted by Crippen LogP contribution is 2.52. The molecule has 0 bridgehead atoms. The molecule has 3 amide bonds. The number of amides is 3. The van der Waals surface area contributed by atoms with E-state index < -0.39 is 0 Å². The van der Waals surface area contributed by atoms with Crippen LogP contribution in [0.4, 0.5) is 4.79 Å². The predicted octanol–water partition coefficient (Wildman–Crippen LogP) is 1.44. The Morgan fingerprint density at radius 1 is 1.25 bits per heavy atom. The predicted molar refractivity (Wildman–Crippen MR) is 76.2 cm³/mol. The minimum absolute atomic E-state index is 0.0735. The van der Waals surface area contributed by atoms with Crippen LogP contribution in [-0.2, 0) is 4.79 Å². The molecule has 1 atom stereocenters. The van der Waals surface area contributed by atoms with Crippen LogP contribution in [0.15, 0.2) is 0 Å². The Balaban J connectivity index is 1.52. The molecule has 3 fully saturated rings. The zero-order chi connectivity index (χ0) is 14.3. The fourth-order valence-electron chi connectivity index (χ4n) is 3.50. The number of nitrogens with one attached hydrogen (secondary N) is 1. The quantitative estimate of drug-likeness (QED) is 0.831. The maximum atomic E-state index is 12.4. The monoisotopic (exact) mass is 279 g/mol. The topological polar surface area (TPSA) is 52.7 Å². The number of piperidine rings is 1. The van der Waals surface area contributed by atoms with Gasteiger partial charge in [-0.1, -0.05) is 13.8 Å². The fourth-order valence-corrected chi connectivity index (χ4v) is 3.50. The Kier molecular flexibility index (Phi) is 3.38. The largest absolute Gasteiger partial charge is 0.342 e. The van der Waals surface area contributed by atoms with Gasteiger partial charge < -0.3 is 15.1 Å². The van der Waals surface area contributed by atoms with Gasteiger partial charge in [-0.05, 0) is 31.1 Å². The smallest absolute Gasteiger partial charge is 0.317 e. The molecule has 2 heterocycles. The summed E-state index contributed by atoms with van der Waals surface area (Å²) in [6, 6.07) is 0.385. The lowest BCUT2D eigenvalue weighted by molar-refractivity contribution is -0.134. The number of carbonyl (C=O) groups excluding carboxylic acids is 2. The van der Waals surface area contributed by atoms with Crippen molar-refractivity contribution in [2.45, 2.75) is 45.6 Å². The molecule has 0 aromatic rings. The molecule has 3 aliphatic rings. The van der Waals surface area contributed by atoms with E-state index in [4.69, 9.17) is 0 Å². The lowest BCUT2D eigenvalue weighted by Gasteiger charge is -2.40. The van der Waals surface area contributed by atoms with Crippen LogP contribution < -0.4 is 5.32 Å². The van der Waals surface area contributed by atoms with Gasteiger partial charge in [0.1, 0.15) is 0 Å². The van der Waals surface area contributed by atoms with Crippen LogP contribution in [0.3, 0.4) is 0 Å². The number of rotatable bonds is 2. The lowest BCUT2D eigenvalue weighted by atomic mass is 10.0. The normalized spacial score (nSPS) is 30.1. The summed E-state index contributed by atoms with van der Waals surface area (Å²) in [4.78, 5) is 28.2. The van der Waals surface area contributed by atoms with Gasteiger partial charge in [-0.2, -0.15) is 0 Å². The van der Waals surface area contributed by atoms with Gasteiger partial charge in [0.15, 0.2) is 0 Å². The molecule has 1 N–H and O–H groups in total. The van der Waals surface area contributed by atoms with Crippen LogP contribution in [0, 0.1) is 11.3 Å². The van der Waals surface area contributed by atoms with Crippen molar-refractivity contribution in [2.75, 3.05) is 26.2 Å². The number of likely N-dealkylation sites (tertiary alicyclic amines) is 1. The van der Waals surface area contributed by atoms with E-state index in [0.717, 1.165) is 51.9 Å². The Hall–Kier alpha value is -1.26. The van der Waals surface area contributed by atoms with Gasteiger partial charge in [-0.15, -0.1) is 0 Å². The Labute approximate surface area is 120 Å². The van der Waals surface area contributed by atoms with Crippen molar-refractivity contribution in [3.8, 4) is 0 Å². The molecule has 5 heteroatoms. The summed E-state index contributed by atoms with van der Waals surface area (Å²) in [7, 11) is 0. The number of carbonyl (C=O) groups is 2. The first-order chi connectivity index (χ1) is 9.49. The van der Waals surface area contributed by atoms with Gasteiger partial charge in [0.25, 0.3) is 0 Å². The highest BCUT2D eigenvalue weighted by molar-refractivity contribution is 5.82. The summed E-state index contributed by atoms with van der Waals surface area (Å²) in [6.45, 7) is 7.60. The molecule has 0 unspecified atom stereocenters. The maximum Gasteiger partial charge on any atom is 0.317 e. The third-order valence-corrected chi connectivity index (χ3v) is 5.14. The summed E-state index contributed by atoms with van der Waals surface area (Å²) >= 11 is 0. The molecule has 20 heavy (non-hydrogen) atoms. The van der Waals surface area contributed by atoms with Crippen LogP contribution in [-0.4, -0.2) is 54.0 Å². The summed E-state index contributed by atoms with van der Waals surface area (Å²) < 4.78 is 0. The summed E-state index contributed by atoms with van der Waals surface area (Å²) in [5.41, 5.74) is 0.209. The number of urea groups is 1. The number of nitrogens with zero attached hydrogens (tertiary/aromatic N) is 2. The second-order valence-corrected chi connectivity index (χ2v) is 7.08. The lowest BCUT2D eigenvalue weighted by Crippen LogP contribution is -2.55. The van der Waals surface area contributed by atoms with Gasteiger partial charge in [0.05, 0.1) is 0 Å². The van der Waals surface area contributed by atoms with Crippen LogP contribution in [0.5, 0.6) is 0 Å². The van der Waals surface area contributed by atoms with E-state index >= 15 is 0 Å². The first kappa shape index (κ1) is 13.7. The first-order valence-corrected chi connectivity index (χ1v) is 7.82. The third kappa shape index (κ3) is 2.50. The van der Waals surface area contributed by atoms with Crippen molar-refractivity contribution in [3.05, 3.63) is 0 Å². The Morgan fingerprint density at radius 3 is 2.45 bits per heavy atom. The molecular formula is C15H25N3O2. The molecule has 0 radical (unpaired) electrons. The standard InChI is InChI=1S/C15H25N3O2/c1-15(2)10-12(15)13(19)17-8-4-11(5-9-17)18-7-3-6-16-14(18)20/h11-12H,3-10H2,1-2H3,(H,16,20)/t12-/m1/s1. The van der Waals surface area contributed by atoms with Crippen LogP contribution in [0.2, 0.25) is 0 Å². The molecule has 3 rings (SSSR count). The van der Waals surface area contributed by atoms with E-state index in [-0.39, 0.29) is 17.4 Å². The van der Waals surface area contributed by atoms with Gasteiger partial charge in [0, 0.05) is 38.1 Å². The molecule has 2 saturated heterocycles. The Morgan fingerprint density at radius 2 is 1.90 bits per heavy atom. The van der Waals surface area contributed by atoms with Gasteiger partial charge in [0.2, 0.25) is 5.91 Å². The average molecular weight is 279 g/mol. The highest BCUT2D eigenvalue weighted by atomic mass is 16.2. The fraction of sp³-hybridized carbons (Fsp3) is 0.867. The summed E-state index contributed by atoms with van der Waals surface area (Å²) in [5.74, 6) is 0.564. The van der Waals surface area contributed by atoms with Gasteiger partial charge in [-0.25, -0.2) is 4.79 Å².